The first-order valence-electron chi connectivity index (χ1n) is 13.1. The predicted octanol–water partition coefficient (Wildman–Crippen LogP) is 4.81. The number of piperidine rings is 1. The van der Waals surface area contributed by atoms with Crippen LogP contribution in [0.5, 0.6) is 0 Å². The van der Waals surface area contributed by atoms with Crippen molar-refractivity contribution in [2.24, 2.45) is 5.41 Å². The van der Waals surface area contributed by atoms with Gasteiger partial charge in [-0.25, -0.2) is 9.59 Å². The third-order valence-electron chi connectivity index (χ3n) is 7.95. The Balaban J connectivity index is 1.13. The van der Waals surface area contributed by atoms with Crippen LogP contribution in [0.1, 0.15) is 60.9 Å². The molecular formula is C29H34N2O5. The van der Waals surface area contributed by atoms with Crippen molar-refractivity contribution in [1.29, 1.82) is 0 Å². The highest BCUT2D eigenvalue weighted by Crippen LogP contribution is 2.42. The number of amides is 2. The highest BCUT2D eigenvalue weighted by molar-refractivity contribution is 5.89. The Morgan fingerprint density at radius 1 is 0.889 bits per heavy atom. The summed E-state index contributed by atoms with van der Waals surface area (Å²) in [7, 11) is 0. The van der Waals surface area contributed by atoms with E-state index in [2.05, 4.69) is 0 Å². The Morgan fingerprint density at radius 2 is 1.58 bits per heavy atom. The molecule has 1 aliphatic carbocycles. The fourth-order valence-electron chi connectivity index (χ4n) is 5.94. The van der Waals surface area contributed by atoms with Gasteiger partial charge in [0, 0.05) is 25.7 Å². The predicted molar refractivity (Wildman–Crippen MR) is 134 cm³/mol. The molecular weight excluding hydrogens is 456 g/mol. The lowest BCUT2D eigenvalue weighted by atomic mass is 9.78. The van der Waals surface area contributed by atoms with Crippen molar-refractivity contribution in [3.63, 3.8) is 0 Å². The number of likely N-dealkylation sites (tertiary alicyclic amines) is 2. The molecule has 36 heavy (non-hydrogen) atoms. The van der Waals surface area contributed by atoms with Gasteiger partial charge in [-0.15, -0.1) is 0 Å². The summed E-state index contributed by atoms with van der Waals surface area (Å²) in [6, 6.07) is 18.9. The van der Waals surface area contributed by atoms with Gasteiger partial charge in [0.05, 0.1) is 11.0 Å². The maximum Gasteiger partial charge on any atom is 0.410 e. The Morgan fingerprint density at radius 3 is 2.31 bits per heavy atom. The second-order valence-corrected chi connectivity index (χ2v) is 10.3. The van der Waals surface area contributed by atoms with Crippen LogP contribution in [-0.2, 0) is 20.9 Å². The van der Waals surface area contributed by atoms with Gasteiger partial charge < -0.3 is 19.3 Å². The minimum atomic E-state index is -0.499. The van der Waals surface area contributed by atoms with Gasteiger partial charge in [0.1, 0.15) is 12.7 Å². The quantitative estimate of drug-likeness (QED) is 0.563. The molecule has 1 saturated carbocycles. The number of carbonyl (C=O) groups is 3. The van der Waals surface area contributed by atoms with Gasteiger partial charge in [0.2, 0.25) is 5.91 Å². The minimum absolute atomic E-state index is 0.106. The minimum Gasteiger partial charge on any atom is -0.459 e. The van der Waals surface area contributed by atoms with Gasteiger partial charge in [-0.3, -0.25) is 4.79 Å². The molecule has 1 atom stereocenters. The molecule has 0 radical (unpaired) electrons. The Bertz CT molecular complexity index is 1070. The number of esters is 1. The van der Waals surface area contributed by atoms with E-state index in [4.69, 9.17) is 9.47 Å². The molecule has 7 heteroatoms. The number of benzene rings is 2. The summed E-state index contributed by atoms with van der Waals surface area (Å²) in [6.07, 6.45) is 5.13. The fourth-order valence-corrected chi connectivity index (χ4v) is 5.94. The molecule has 190 valence electrons. The zero-order valence-electron chi connectivity index (χ0n) is 20.6. The Labute approximate surface area is 212 Å². The average molecular weight is 491 g/mol. The first kappa shape index (κ1) is 24.3. The number of ether oxygens (including phenoxy) is 2. The molecule has 1 spiro atoms. The Hall–Kier alpha value is -3.35. The maximum atomic E-state index is 13.6. The molecule has 2 saturated heterocycles. The van der Waals surface area contributed by atoms with Crippen molar-refractivity contribution in [3.8, 4) is 0 Å². The SMILES string of the molecule is O=C(OC1CCC(N2CC[C@@]3(CCCN(C(=O)OCc4ccccc4)C3)C2=O)CC1)c1ccccc1. The lowest BCUT2D eigenvalue weighted by Gasteiger charge is -2.40. The number of hydrogen-bond donors (Lipinski definition) is 0. The molecule has 2 heterocycles. The molecule has 3 aliphatic rings. The van der Waals surface area contributed by atoms with E-state index in [0.29, 0.717) is 18.7 Å². The summed E-state index contributed by atoms with van der Waals surface area (Å²) in [6.45, 7) is 2.02. The summed E-state index contributed by atoms with van der Waals surface area (Å²) in [5.41, 5.74) is 1.02. The van der Waals surface area contributed by atoms with E-state index in [1.54, 1.807) is 17.0 Å². The number of hydrogen-bond acceptors (Lipinski definition) is 5. The van der Waals surface area contributed by atoms with Crippen LogP contribution in [-0.4, -0.2) is 59.5 Å². The molecule has 0 N–H and O–H groups in total. The van der Waals surface area contributed by atoms with E-state index in [0.717, 1.165) is 57.1 Å². The molecule has 0 aromatic heterocycles. The molecule has 2 amide bonds. The number of nitrogens with zero attached hydrogens (tertiary/aromatic N) is 2. The van der Waals surface area contributed by atoms with Crippen molar-refractivity contribution in [2.45, 2.75) is 63.7 Å². The van der Waals surface area contributed by atoms with Crippen LogP contribution in [0.15, 0.2) is 60.7 Å². The van der Waals surface area contributed by atoms with Gasteiger partial charge in [0.15, 0.2) is 0 Å². The van der Waals surface area contributed by atoms with Gasteiger partial charge in [-0.2, -0.15) is 0 Å². The molecule has 7 nitrogen and oxygen atoms in total. The van der Waals surface area contributed by atoms with Crippen molar-refractivity contribution in [1.82, 2.24) is 9.80 Å². The maximum absolute atomic E-state index is 13.6. The standard InChI is InChI=1S/C29H34N2O5/c32-26(23-10-5-2-6-11-23)36-25-14-12-24(13-15-25)31-19-17-29(27(31)33)16-7-18-30(21-29)28(34)35-20-22-8-3-1-4-9-22/h1-6,8-11,24-25H,7,12-21H2/t24?,25?,29-/m1/s1. The molecule has 2 aromatic carbocycles. The van der Waals surface area contributed by atoms with Crippen molar-refractivity contribution in [3.05, 3.63) is 71.8 Å². The second kappa shape index (κ2) is 10.7. The first-order chi connectivity index (χ1) is 17.5. The summed E-state index contributed by atoms with van der Waals surface area (Å²) < 4.78 is 11.3. The lowest BCUT2D eigenvalue weighted by molar-refractivity contribution is -0.141. The average Bonchev–Trinajstić information content (AvgIpc) is 3.23. The zero-order valence-corrected chi connectivity index (χ0v) is 20.6. The summed E-state index contributed by atoms with van der Waals surface area (Å²) in [4.78, 5) is 42.5. The second-order valence-electron chi connectivity index (χ2n) is 10.3. The zero-order chi connectivity index (χ0) is 25.0. The van der Waals surface area contributed by atoms with Crippen molar-refractivity contribution >= 4 is 18.0 Å². The van der Waals surface area contributed by atoms with Gasteiger partial charge >= 0.3 is 12.1 Å². The van der Waals surface area contributed by atoms with Crippen molar-refractivity contribution in [2.75, 3.05) is 19.6 Å². The lowest BCUT2D eigenvalue weighted by Crippen LogP contribution is -2.51. The van der Waals surface area contributed by atoms with E-state index in [1.165, 1.54) is 0 Å². The molecule has 5 rings (SSSR count). The fraction of sp³-hybridized carbons (Fsp3) is 0.483. The van der Waals surface area contributed by atoms with Crippen molar-refractivity contribution < 1.29 is 23.9 Å². The van der Waals surface area contributed by atoms with Gasteiger partial charge in [-0.05, 0) is 62.6 Å². The van der Waals surface area contributed by atoms with Crippen LogP contribution in [0.4, 0.5) is 4.79 Å². The van der Waals surface area contributed by atoms with E-state index in [9.17, 15) is 14.4 Å². The highest BCUT2D eigenvalue weighted by atomic mass is 16.6. The summed E-state index contributed by atoms with van der Waals surface area (Å²) in [5.74, 6) is -0.107. The third kappa shape index (κ3) is 5.25. The van der Waals surface area contributed by atoms with Gasteiger partial charge in [0.25, 0.3) is 0 Å². The van der Waals surface area contributed by atoms with E-state index >= 15 is 0 Å². The Kier molecular flexibility index (Phi) is 7.25. The summed E-state index contributed by atoms with van der Waals surface area (Å²) >= 11 is 0. The van der Waals surface area contributed by atoms with Gasteiger partial charge in [-0.1, -0.05) is 48.5 Å². The van der Waals surface area contributed by atoms with Crippen LogP contribution < -0.4 is 0 Å². The topological polar surface area (TPSA) is 76.2 Å². The van der Waals surface area contributed by atoms with Crippen LogP contribution >= 0.6 is 0 Å². The molecule has 0 unspecified atom stereocenters. The van der Waals surface area contributed by atoms with E-state index < -0.39 is 5.41 Å². The monoisotopic (exact) mass is 490 g/mol. The van der Waals surface area contributed by atoms with Crippen LogP contribution in [0.25, 0.3) is 0 Å². The van der Waals surface area contributed by atoms with E-state index in [1.807, 2.05) is 53.4 Å². The first-order valence-corrected chi connectivity index (χ1v) is 13.1. The molecule has 0 bridgehead atoms. The molecule has 2 aromatic rings. The van der Waals surface area contributed by atoms with Crippen LogP contribution in [0, 0.1) is 5.41 Å². The molecule has 2 aliphatic heterocycles. The smallest absolute Gasteiger partial charge is 0.410 e. The largest absolute Gasteiger partial charge is 0.459 e. The normalized spacial score (nSPS) is 26.2. The van der Waals surface area contributed by atoms with E-state index in [-0.39, 0.29) is 36.7 Å². The van der Waals surface area contributed by atoms with Crippen LogP contribution in [0.2, 0.25) is 0 Å². The molecule has 3 fully saturated rings. The third-order valence-corrected chi connectivity index (χ3v) is 7.95. The summed E-state index contributed by atoms with van der Waals surface area (Å²) in [5, 5.41) is 0. The highest BCUT2D eigenvalue weighted by Gasteiger charge is 2.51. The number of carbonyl (C=O) groups excluding carboxylic acids is 3. The van der Waals surface area contributed by atoms with Crippen LogP contribution in [0.3, 0.4) is 0 Å². The number of rotatable bonds is 5.